The lowest BCUT2D eigenvalue weighted by molar-refractivity contribution is -0.117. The maximum absolute atomic E-state index is 11.8. The third-order valence-corrected chi connectivity index (χ3v) is 3.32. The Labute approximate surface area is 126 Å². The molecule has 0 unspecified atom stereocenters. The Bertz CT molecular complexity index is 745. The number of hydrogen-bond acceptors (Lipinski definition) is 6. The number of amides is 1. The van der Waals surface area contributed by atoms with Gasteiger partial charge in [0.15, 0.2) is 0 Å². The summed E-state index contributed by atoms with van der Waals surface area (Å²) in [4.78, 5) is 13.5. The second-order valence-electron chi connectivity index (χ2n) is 4.75. The molecule has 1 aromatic carbocycles. The second kappa shape index (κ2) is 6.05. The lowest BCUT2D eigenvalue weighted by Gasteiger charge is -2.16. The van der Waals surface area contributed by atoms with Crippen LogP contribution in [0.15, 0.2) is 30.5 Å². The average Bonchev–Trinajstić information content (AvgIpc) is 3.20. The first-order valence-electron chi connectivity index (χ1n) is 6.79. The van der Waals surface area contributed by atoms with E-state index in [9.17, 15) is 4.79 Å². The summed E-state index contributed by atoms with van der Waals surface area (Å²) in [5.41, 5.74) is 1.88. The minimum absolute atomic E-state index is 0.136. The second-order valence-corrected chi connectivity index (χ2v) is 4.75. The molecule has 2 aromatic rings. The largest absolute Gasteiger partial charge is 0.360 e. The number of allylic oxidation sites excluding steroid dienone is 1. The molecule has 0 radical (unpaired) electrons. The van der Waals surface area contributed by atoms with E-state index in [1.807, 2.05) is 30.3 Å². The Hall–Kier alpha value is -3.21. The highest BCUT2D eigenvalue weighted by Gasteiger charge is 2.21. The fourth-order valence-electron chi connectivity index (χ4n) is 2.26. The van der Waals surface area contributed by atoms with Crippen molar-refractivity contribution in [2.45, 2.75) is 12.8 Å². The number of nitriles is 1. The van der Waals surface area contributed by atoms with Crippen LogP contribution in [0.4, 0.5) is 11.4 Å². The minimum atomic E-state index is 0.136. The molecule has 2 N–H and O–H groups in total. The Morgan fingerprint density at radius 3 is 3.09 bits per heavy atom. The molecule has 1 aliphatic heterocycles. The number of rotatable bonds is 4. The molecule has 1 aliphatic rings. The molecule has 1 saturated heterocycles. The first kappa shape index (κ1) is 13.8. The van der Waals surface area contributed by atoms with E-state index in [2.05, 4.69) is 25.9 Å². The van der Waals surface area contributed by atoms with Crippen molar-refractivity contribution in [1.29, 1.82) is 5.26 Å². The average molecular weight is 295 g/mol. The zero-order valence-corrected chi connectivity index (χ0v) is 11.7. The smallest absolute Gasteiger partial charge is 0.227 e. The van der Waals surface area contributed by atoms with Crippen LogP contribution in [0.5, 0.6) is 0 Å². The van der Waals surface area contributed by atoms with Gasteiger partial charge in [-0.2, -0.15) is 10.5 Å². The summed E-state index contributed by atoms with van der Waals surface area (Å²) in [5, 5.41) is 25.4. The van der Waals surface area contributed by atoms with Crippen LogP contribution in [0.1, 0.15) is 18.7 Å². The summed E-state index contributed by atoms with van der Waals surface area (Å²) >= 11 is 0. The summed E-state index contributed by atoms with van der Waals surface area (Å²) in [6.45, 7) is 0.741. The fraction of sp³-hybridized carbons (Fsp3) is 0.214. The van der Waals surface area contributed by atoms with Gasteiger partial charge in [-0.3, -0.25) is 4.79 Å². The summed E-state index contributed by atoms with van der Waals surface area (Å²) in [7, 11) is 0. The van der Waals surface area contributed by atoms with Crippen molar-refractivity contribution in [3.8, 4) is 6.07 Å². The normalized spacial score (nSPS) is 15.0. The Morgan fingerprint density at radius 1 is 1.50 bits per heavy atom. The summed E-state index contributed by atoms with van der Waals surface area (Å²) in [6, 6.07) is 9.47. The Kier molecular flexibility index (Phi) is 3.78. The predicted molar refractivity (Wildman–Crippen MR) is 79.4 cm³/mol. The molecule has 1 fully saturated rings. The standard InChI is InChI=1S/C14H13N7O/c15-8-10(14-17-19-20-18-14)9-16-11-3-1-4-12(7-11)21-6-2-5-13(21)22/h1,3-4,7,9,16H,2,5-6H2,(H,17,18,19,20). The highest BCUT2D eigenvalue weighted by atomic mass is 16.2. The number of carbonyl (C=O) groups excluding carboxylic acids is 1. The van der Waals surface area contributed by atoms with Crippen molar-refractivity contribution in [2.24, 2.45) is 0 Å². The molecular formula is C14H13N7O. The lowest BCUT2D eigenvalue weighted by Crippen LogP contribution is -2.23. The van der Waals surface area contributed by atoms with E-state index in [0.717, 1.165) is 24.3 Å². The van der Waals surface area contributed by atoms with E-state index >= 15 is 0 Å². The number of benzene rings is 1. The van der Waals surface area contributed by atoms with Crippen molar-refractivity contribution in [1.82, 2.24) is 20.6 Å². The van der Waals surface area contributed by atoms with Crippen molar-refractivity contribution in [3.63, 3.8) is 0 Å². The van der Waals surface area contributed by atoms with Crippen molar-refractivity contribution >= 4 is 22.9 Å². The molecule has 22 heavy (non-hydrogen) atoms. The number of aromatic nitrogens is 4. The van der Waals surface area contributed by atoms with Crippen LogP contribution in [0.3, 0.4) is 0 Å². The number of anilines is 2. The molecule has 1 aromatic heterocycles. The highest BCUT2D eigenvalue weighted by Crippen LogP contribution is 2.24. The van der Waals surface area contributed by atoms with Crippen LogP contribution in [-0.4, -0.2) is 33.1 Å². The number of nitrogens with zero attached hydrogens (tertiary/aromatic N) is 5. The number of H-pyrrole nitrogens is 1. The maximum atomic E-state index is 11.8. The molecule has 2 heterocycles. The van der Waals surface area contributed by atoms with Crippen LogP contribution >= 0.6 is 0 Å². The van der Waals surface area contributed by atoms with Gasteiger partial charge in [-0.1, -0.05) is 6.07 Å². The molecule has 1 amide bonds. The maximum Gasteiger partial charge on any atom is 0.227 e. The van der Waals surface area contributed by atoms with Crippen molar-refractivity contribution < 1.29 is 4.79 Å². The van der Waals surface area contributed by atoms with Crippen LogP contribution < -0.4 is 10.2 Å². The zero-order chi connectivity index (χ0) is 15.4. The van der Waals surface area contributed by atoms with Crippen LogP contribution in [0.25, 0.3) is 5.57 Å². The first-order chi connectivity index (χ1) is 10.8. The monoisotopic (exact) mass is 295 g/mol. The van der Waals surface area contributed by atoms with Crippen LogP contribution in [0.2, 0.25) is 0 Å². The van der Waals surface area contributed by atoms with Crippen LogP contribution in [0, 0.1) is 11.3 Å². The molecule has 110 valence electrons. The van der Waals surface area contributed by atoms with Gasteiger partial charge in [0.1, 0.15) is 11.6 Å². The molecule has 0 aliphatic carbocycles. The van der Waals surface area contributed by atoms with Gasteiger partial charge in [-0.25, -0.2) is 0 Å². The molecule has 0 bridgehead atoms. The fourth-order valence-corrected chi connectivity index (χ4v) is 2.26. The molecular weight excluding hydrogens is 282 g/mol. The van der Waals surface area contributed by atoms with Gasteiger partial charge in [0.2, 0.25) is 11.7 Å². The van der Waals surface area contributed by atoms with E-state index in [-0.39, 0.29) is 17.3 Å². The predicted octanol–water partition coefficient (Wildman–Crippen LogP) is 1.30. The van der Waals surface area contributed by atoms with Crippen molar-refractivity contribution in [2.75, 3.05) is 16.8 Å². The number of carbonyl (C=O) groups is 1. The third-order valence-electron chi connectivity index (χ3n) is 3.32. The molecule has 0 atom stereocenters. The number of aromatic amines is 1. The van der Waals surface area contributed by atoms with E-state index < -0.39 is 0 Å². The quantitative estimate of drug-likeness (QED) is 0.823. The van der Waals surface area contributed by atoms with Crippen LogP contribution in [-0.2, 0) is 4.79 Å². The topological polar surface area (TPSA) is 111 Å². The number of nitrogens with one attached hydrogen (secondary N) is 2. The van der Waals surface area contributed by atoms with E-state index in [1.54, 1.807) is 4.90 Å². The Morgan fingerprint density at radius 2 is 2.41 bits per heavy atom. The molecule has 3 rings (SSSR count). The highest BCUT2D eigenvalue weighted by molar-refractivity contribution is 5.95. The molecule has 8 heteroatoms. The van der Waals surface area contributed by atoms with Gasteiger partial charge < -0.3 is 10.2 Å². The summed E-state index contributed by atoms with van der Waals surface area (Å²) in [6.07, 6.45) is 2.98. The molecule has 0 spiro atoms. The van der Waals surface area contributed by atoms with Gasteiger partial charge >= 0.3 is 0 Å². The SMILES string of the molecule is N#CC(=CNc1cccc(N2CCCC2=O)c1)c1nn[nH]n1. The number of hydrogen-bond donors (Lipinski definition) is 2. The summed E-state index contributed by atoms with van der Waals surface area (Å²) < 4.78 is 0. The zero-order valence-electron chi connectivity index (χ0n) is 11.7. The summed E-state index contributed by atoms with van der Waals surface area (Å²) in [5.74, 6) is 0.359. The van der Waals surface area contributed by atoms with Gasteiger partial charge in [0, 0.05) is 30.5 Å². The van der Waals surface area contributed by atoms with E-state index in [0.29, 0.717) is 6.42 Å². The van der Waals surface area contributed by atoms with Gasteiger partial charge in [0.25, 0.3) is 0 Å². The van der Waals surface area contributed by atoms with E-state index in [1.165, 1.54) is 6.20 Å². The molecule has 0 saturated carbocycles. The Balaban J connectivity index is 1.78. The van der Waals surface area contributed by atoms with Gasteiger partial charge in [0.05, 0.1) is 0 Å². The van der Waals surface area contributed by atoms with E-state index in [4.69, 9.17) is 5.26 Å². The van der Waals surface area contributed by atoms with Gasteiger partial charge in [-0.05, 0) is 29.8 Å². The minimum Gasteiger partial charge on any atom is -0.360 e. The first-order valence-corrected chi connectivity index (χ1v) is 6.79. The van der Waals surface area contributed by atoms with Crippen molar-refractivity contribution in [3.05, 3.63) is 36.3 Å². The molecule has 8 nitrogen and oxygen atoms in total. The lowest BCUT2D eigenvalue weighted by atomic mass is 10.2. The van der Waals surface area contributed by atoms with Gasteiger partial charge in [-0.15, -0.1) is 10.2 Å². The third kappa shape index (κ3) is 2.78. The number of tetrazole rings is 1.